The van der Waals surface area contributed by atoms with Crippen LogP contribution in [0.1, 0.15) is 5.56 Å². The summed E-state index contributed by atoms with van der Waals surface area (Å²) in [4.78, 5) is 28.2. The van der Waals surface area contributed by atoms with E-state index < -0.39 is 5.97 Å². The molecule has 24 heavy (non-hydrogen) atoms. The standard InChI is InChI=1S/C19H16N2O3/c22-18(11-10-15-6-2-1-3-7-15)24-13-12-21-14-20-17-9-5-4-8-16(17)19(21)23/h1-11,14H,12-13H2/b11-10+. The molecule has 0 N–H and O–H groups in total. The fourth-order valence-corrected chi connectivity index (χ4v) is 2.29. The van der Waals surface area contributed by atoms with E-state index in [1.807, 2.05) is 36.4 Å². The highest BCUT2D eigenvalue weighted by molar-refractivity contribution is 5.87. The quantitative estimate of drug-likeness (QED) is 0.535. The number of hydrogen-bond donors (Lipinski definition) is 0. The van der Waals surface area contributed by atoms with Crippen molar-refractivity contribution in [1.82, 2.24) is 9.55 Å². The van der Waals surface area contributed by atoms with Gasteiger partial charge in [0.2, 0.25) is 0 Å². The van der Waals surface area contributed by atoms with Crippen molar-refractivity contribution in [3.63, 3.8) is 0 Å². The van der Waals surface area contributed by atoms with E-state index in [2.05, 4.69) is 4.98 Å². The number of carbonyl (C=O) groups excluding carboxylic acids is 1. The van der Waals surface area contributed by atoms with Crippen molar-refractivity contribution in [3.05, 3.63) is 82.9 Å². The van der Waals surface area contributed by atoms with Crippen molar-refractivity contribution in [2.24, 2.45) is 0 Å². The van der Waals surface area contributed by atoms with Gasteiger partial charge in [0.25, 0.3) is 5.56 Å². The number of fused-ring (bicyclic) bond motifs is 1. The summed E-state index contributed by atoms with van der Waals surface area (Å²) >= 11 is 0. The van der Waals surface area contributed by atoms with E-state index in [0.29, 0.717) is 10.9 Å². The Bertz CT molecular complexity index is 930. The van der Waals surface area contributed by atoms with Crippen LogP contribution in [0.2, 0.25) is 0 Å². The van der Waals surface area contributed by atoms with Gasteiger partial charge in [0.05, 0.1) is 23.8 Å². The van der Waals surface area contributed by atoms with Gasteiger partial charge in [-0.1, -0.05) is 42.5 Å². The number of carbonyl (C=O) groups is 1. The number of rotatable bonds is 5. The van der Waals surface area contributed by atoms with Gasteiger partial charge in [0.15, 0.2) is 0 Å². The summed E-state index contributed by atoms with van der Waals surface area (Å²) in [5.74, 6) is -0.444. The fourth-order valence-electron chi connectivity index (χ4n) is 2.29. The molecule has 0 atom stereocenters. The molecule has 0 spiro atoms. The van der Waals surface area contributed by atoms with Crippen LogP contribution >= 0.6 is 0 Å². The lowest BCUT2D eigenvalue weighted by Crippen LogP contribution is -2.23. The zero-order valence-electron chi connectivity index (χ0n) is 13.0. The summed E-state index contributed by atoms with van der Waals surface area (Å²) in [6, 6.07) is 16.6. The molecule has 3 rings (SSSR count). The van der Waals surface area contributed by atoms with Crippen molar-refractivity contribution in [2.75, 3.05) is 6.61 Å². The van der Waals surface area contributed by atoms with Gasteiger partial charge in [-0.25, -0.2) is 9.78 Å². The van der Waals surface area contributed by atoms with Gasteiger partial charge in [-0.2, -0.15) is 0 Å². The van der Waals surface area contributed by atoms with E-state index in [4.69, 9.17) is 4.74 Å². The molecule has 0 bridgehead atoms. The number of benzene rings is 2. The third-order valence-electron chi connectivity index (χ3n) is 3.52. The topological polar surface area (TPSA) is 61.2 Å². The maximum absolute atomic E-state index is 12.3. The van der Waals surface area contributed by atoms with Crippen LogP contribution in [-0.2, 0) is 16.1 Å². The first-order chi connectivity index (χ1) is 11.7. The number of ether oxygens (including phenoxy) is 1. The Kier molecular flexibility index (Phi) is 4.81. The minimum Gasteiger partial charge on any atom is -0.461 e. The third kappa shape index (κ3) is 3.76. The molecule has 5 nitrogen and oxygen atoms in total. The van der Waals surface area contributed by atoms with Gasteiger partial charge in [-0.05, 0) is 23.8 Å². The van der Waals surface area contributed by atoms with Gasteiger partial charge < -0.3 is 4.74 Å². The molecule has 0 saturated carbocycles. The van der Waals surface area contributed by atoms with Crippen molar-refractivity contribution >= 4 is 22.9 Å². The first-order valence-corrected chi connectivity index (χ1v) is 7.58. The van der Waals surface area contributed by atoms with E-state index >= 15 is 0 Å². The molecule has 0 unspecified atom stereocenters. The van der Waals surface area contributed by atoms with Crippen LogP contribution in [-0.4, -0.2) is 22.1 Å². The number of aromatic nitrogens is 2. The molecule has 5 heteroatoms. The van der Waals surface area contributed by atoms with E-state index in [1.54, 1.807) is 24.3 Å². The number of nitrogens with zero attached hydrogens (tertiary/aromatic N) is 2. The molecule has 0 amide bonds. The SMILES string of the molecule is O=C(/C=C/c1ccccc1)OCCn1cnc2ccccc2c1=O. The largest absolute Gasteiger partial charge is 0.461 e. The van der Waals surface area contributed by atoms with E-state index in [-0.39, 0.29) is 18.7 Å². The lowest BCUT2D eigenvalue weighted by molar-refractivity contribution is -0.137. The Hall–Kier alpha value is -3.21. The fraction of sp³-hybridized carbons (Fsp3) is 0.105. The third-order valence-corrected chi connectivity index (χ3v) is 3.52. The Morgan fingerprint density at radius 2 is 1.83 bits per heavy atom. The van der Waals surface area contributed by atoms with Crippen LogP contribution in [0.4, 0.5) is 0 Å². The summed E-state index contributed by atoms with van der Waals surface area (Å²) in [5.41, 5.74) is 1.43. The molecule has 0 fully saturated rings. The highest BCUT2D eigenvalue weighted by Gasteiger charge is 2.04. The van der Waals surface area contributed by atoms with E-state index in [9.17, 15) is 9.59 Å². The zero-order chi connectivity index (χ0) is 16.8. The summed E-state index contributed by atoms with van der Waals surface area (Å²) in [6.07, 6.45) is 4.53. The predicted molar refractivity (Wildman–Crippen MR) is 92.4 cm³/mol. The predicted octanol–water partition coefficient (Wildman–Crippen LogP) is 2.65. The molecular weight excluding hydrogens is 304 g/mol. The Morgan fingerprint density at radius 1 is 1.08 bits per heavy atom. The van der Waals surface area contributed by atoms with Gasteiger partial charge in [-0.3, -0.25) is 9.36 Å². The van der Waals surface area contributed by atoms with Crippen LogP contribution in [0.15, 0.2) is 71.8 Å². The second kappa shape index (κ2) is 7.37. The number of hydrogen-bond acceptors (Lipinski definition) is 4. The maximum Gasteiger partial charge on any atom is 0.330 e. The van der Waals surface area contributed by atoms with Crippen molar-refractivity contribution < 1.29 is 9.53 Å². The minimum atomic E-state index is -0.444. The Balaban J connectivity index is 1.58. The Morgan fingerprint density at radius 3 is 2.67 bits per heavy atom. The summed E-state index contributed by atoms with van der Waals surface area (Å²) in [6.45, 7) is 0.374. The number of esters is 1. The lowest BCUT2D eigenvalue weighted by atomic mass is 10.2. The molecule has 2 aromatic carbocycles. The number of para-hydroxylation sites is 1. The lowest BCUT2D eigenvalue weighted by Gasteiger charge is -2.06. The van der Waals surface area contributed by atoms with Gasteiger partial charge >= 0.3 is 5.97 Å². The van der Waals surface area contributed by atoms with E-state index in [1.165, 1.54) is 17.0 Å². The highest BCUT2D eigenvalue weighted by Crippen LogP contribution is 2.04. The molecule has 1 heterocycles. The van der Waals surface area contributed by atoms with Crippen molar-refractivity contribution in [1.29, 1.82) is 0 Å². The van der Waals surface area contributed by atoms with Crippen LogP contribution in [0.5, 0.6) is 0 Å². The van der Waals surface area contributed by atoms with Crippen LogP contribution < -0.4 is 5.56 Å². The Labute approximate surface area is 138 Å². The van der Waals surface area contributed by atoms with Crippen molar-refractivity contribution in [3.8, 4) is 0 Å². The zero-order valence-corrected chi connectivity index (χ0v) is 13.0. The molecule has 3 aromatic rings. The van der Waals surface area contributed by atoms with Crippen LogP contribution in [0.3, 0.4) is 0 Å². The minimum absolute atomic E-state index is 0.109. The molecule has 0 radical (unpaired) electrons. The average Bonchev–Trinajstić information content (AvgIpc) is 2.63. The van der Waals surface area contributed by atoms with Crippen LogP contribution in [0.25, 0.3) is 17.0 Å². The molecule has 0 aliphatic rings. The first-order valence-electron chi connectivity index (χ1n) is 7.58. The second-order valence-corrected chi connectivity index (χ2v) is 5.17. The smallest absolute Gasteiger partial charge is 0.330 e. The van der Waals surface area contributed by atoms with Gasteiger partial charge in [0, 0.05) is 6.08 Å². The van der Waals surface area contributed by atoms with E-state index in [0.717, 1.165) is 5.56 Å². The maximum atomic E-state index is 12.3. The molecule has 0 saturated heterocycles. The molecule has 0 aliphatic carbocycles. The summed E-state index contributed by atoms with van der Waals surface area (Å²) in [5, 5.41) is 0.551. The summed E-state index contributed by atoms with van der Waals surface area (Å²) < 4.78 is 6.56. The molecular formula is C19H16N2O3. The van der Waals surface area contributed by atoms with Gasteiger partial charge in [-0.15, -0.1) is 0 Å². The first kappa shape index (κ1) is 15.7. The molecule has 120 valence electrons. The van der Waals surface area contributed by atoms with Crippen LogP contribution in [0, 0.1) is 0 Å². The summed E-state index contributed by atoms with van der Waals surface area (Å²) in [7, 11) is 0. The molecule has 0 aliphatic heterocycles. The monoisotopic (exact) mass is 320 g/mol. The van der Waals surface area contributed by atoms with Gasteiger partial charge in [0.1, 0.15) is 6.61 Å². The normalized spacial score (nSPS) is 11.0. The van der Waals surface area contributed by atoms with Crippen molar-refractivity contribution in [2.45, 2.75) is 6.54 Å². The molecule has 1 aromatic heterocycles. The second-order valence-electron chi connectivity index (χ2n) is 5.17. The average molecular weight is 320 g/mol. The highest BCUT2D eigenvalue weighted by atomic mass is 16.5.